The lowest BCUT2D eigenvalue weighted by Crippen LogP contribution is -2.49. The van der Waals surface area contributed by atoms with Gasteiger partial charge in [-0.05, 0) is 64.5 Å². The van der Waals surface area contributed by atoms with E-state index >= 15 is 0 Å². The molecule has 1 aliphatic heterocycles. The van der Waals surface area contributed by atoms with Gasteiger partial charge in [0.15, 0.2) is 0 Å². The van der Waals surface area contributed by atoms with Crippen molar-refractivity contribution in [2.45, 2.75) is 99.4 Å². The number of carbonyl (C=O) groups excluding carboxylic acids is 2. The number of nitrogens with zero attached hydrogens (tertiary/aromatic N) is 1. The molecule has 1 aromatic heterocycles. The molecule has 1 aliphatic rings. The van der Waals surface area contributed by atoms with Crippen molar-refractivity contribution in [3.63, 3.8) is 0 Å². The second-order valence-corrected chi connectivity index (χ2v) is 11.9. The van der Waals surface area contributed by atoms with Crippen LogP contribution in [0.2, 0.25) is 0 Å². The molecule has 6 atom stereocenters. The minimum atomic E-state index is -1.25. The van der Waals surface area contributed by atoms with Crippen LogP contribution in [0.15, 0.2) is 22.6 Å². The summed E-state index contributed by atoms with van der Waals surface area (Å²) in [4.78, 5) is 31.0. The maximum atomic E-state index is 13.3. The summed E-state index contributed by atoms with van der Waals surface area (Å²) < 4.78 is 5.92. The number of Topliss-reactive ketones (excluding diaryl/α,β-unsaturated/α-hetero) is 1. The molecule has 2 N–H and O–H groups in total. The predicted molar refractivity (Wildman–Crippen MR) is 141 cm³/mol. The molecule has 2 rings (SSSR count). The SMILES string of the molecule is CC1=CC[C@@H](C(C)=Cc2csc(C)n2)OC(=O)C(C)[C@H](O)C(C)(C)C(=O)[C@H](C)[C@@H](O)[C@@H](C)CCC1. The molecule has 196 valence electrons. The highest BCUT2D eigenvalue weighted by molar-refractivity contribution is 7.09. The number of carbonyl (C=O) groups is 2. The van der Waals surface area contributed by atoms with Crippen LogP contribution in [0.1, 0.15) is 84.9 Å². The second kappa shape index (κ2) is 12.4. The Balaban J connectivity index is 2.40. The van der Waals surface area contributed by atoms with Gasteiger partial charge in [0.2, 0.25) is 0 Å². The van der Waals surface area contributed by atoms with Gasteiger partial charge in [0.1, 0.15) is 11.9 Å². The Bertz CT molecular complexity index is 947. The highest BCUT2D eigenvalue weighted by Gasteiger charge is 2.45. The molecule has 0 aromatic carbocycles. The van der Waals surface area contributed by atoms with E-state index in [1.807, 2.05) is 32.2 Å². The zero-order valence-corrected chi connectivity index (χ0v) is 23.3. The maximum Gasteiger partial charge on any atom is 0.311 e. The van der Waals surface area contributed by atoms with Gasteiger partial charge in [0, 0.05) is 17.7 Å². The Morgan fingerprint density at radius 2 is 1.83 bits per heavy atom. The van der Waals surface area contributed by atoms with Crippen LogP contribution >= 0.6 is 11.3 Å². The first-order valence-corrected chi connectivity index (χ1v) is 13.5. The lowest BCUT2D eigenvalue weighted by Gasteiger charge is -2.36. The zero-order valence-electron chi connectivity index (χ0n) is 22.5. The molecule has 35 heavy (non-hydrogen) atoms. The van der Waals surface area contributed by atoms with Crippen molar-refractivity contribution in [1.29, 1.82) is 0 Å². The quantitative estimate of drug-likeness (QED) is 0.406. The number of hydrogen-bond acceptors (Lipinski definition) is 7. The summed E-state index contributed by atoms with van der Waals surface area (Å²) in [5.74, 6) is -2.42. The van der Waals surface area contributed by atoms with E-state index in [2.05, 4.69) is 18.0 Å². The maximum absolute atomic E-state index is 13.3. The Morgan fingerprint density at radius 1 is 1.17 bits per heavy atom. The van der Waals surface area contributed by atoms with Crippen molar-refractivity contribution >= 4 is 29.2 Å². The monoisotopic (exact) mass is 505 g/mol. The highest BCUT2D eigenvalue weighted by atomic mass is 32.1. The first-order valence-electron chi connectivity index (χ1n) is 12.6. The van der Waals surface area contributed by atoms with Gasteiger partial charge >= 0.3 is 5.97 Å². The fourth-order valence-corrected chi connectivity index (χ4v) is 5.34. The molecule has 0 bridgehead atoms. The molecule has 0 fully saturated rings. The van der Waals surface area contributed by atoms with Crippen molar-refractivity contribution in [2.24, 2.45) is 23.2 Å². The highest BCUT2D eigenvalue weighted by Crippen LogP contribution is 2.34. The van der Waals surface area contributed by atoms with E-state index in [1.165, 1.54) is 5.57 Å². The van der Waals surface area contributed by atoms with Gasteiger partial charge in [-0.1, -0.05) is 39.3 Å². The van der Waals surface area contributed by atoms with Crippen LogP contribution in [0.25, 0.3) is 6.08 Å². The number of cyclic esters (lactones) is 1. The number of aryl methyl sites for hydroxylation is 1. The molecule has 2 heterocycles. The molecule has 0 spiro atoms. The number of rotatable bonds is 2. The summed E-state index contributed by atoms with van der Waals surface area (Å²) in [6.07, 6.45) is 4.56. The molecular weight excluding hydrogens is 462 g/mol. The summed E-state index contributed by atoms with van der Waals surface area (Å²) in [6.45, 7) is 14.5. The van der Waals surface area contributed by atoms with Crippen LogP contribution in [0.4, 0.5) is 0 Å². The summed E-state index contributed by atoms with van der Waals surface area (Å²) in [5, 5.41) is 24.9. The summed E-state index contributed by atoms with van der Waals surface area (Å²) >= 11 is 1.56. The van der Waals surface area contributed by atoms with Crippen LogP contribution < -0.4 is 0 Å². The largest absolute Gasteiger partial charge is 0.457 e. The fourth-order valence-electron chi connectivity index (χ4n) is 4.77. The molecule has 1 unspecified atom stereocenters. The Labute approximate surface area is 214 Å². The predicted octanol–water partition coefficient (Wildman–Crippen LogP) is 5.51. The van der Waals surface area contributed by atoms with E-state index < -0.39 is 41.5 Å². The first-order chi connectivity index (χ1) is 16.2. The molecule has 0 aliphatic carbocycles. The Kier molecular flexibility index (Phi) is 10.4. The third-order valence-corrected chi connectivity index (χ3v) is 8.21. The number of allylic oxidation sites excluding steroid dienone is 1. The number of ether oxygens (including phenoxy) is 1. The number of aromatic nitrogens is 1. The average Bonchev–Trinajstić information content (AvgIpc) is 3.22. The van der Waals surface area contributed by atoms with E-state index in [4.69, 9.17) is 4.74 Å². The van der Waals surface area contributed by atoms with Crippen LogP contribution in [0.5, 0.6) is 0 Å². The minimum absolute atomic E-state index is 0.0514. The van der Waals surface area contributed by atoms with E-state index in [-0.39, 0.29) is 11.7 Å². The lowest BCUT2D eigenvalue weighted by atomic mass is 9.71. The van der Waals surface area contributed by atoms with Crippen molar-refractivity contribution in [3.8, 4) is 0 Å². The molecule has 0 saturated carbocycles. The smallest absolute Gasteiger partial charge is 0.311 e. The van der Waals surface area contributed by atoms with Gasteiger partial charge in [0.25, 0.3) is 0 Å². The van der Waals surface area contributed by atoms with Gasteiger partial charge in [-0.25, -0.2) is 4.98 Å². The van der Waals surface area contributed by atoms with Crippen LogP contribution in [0.3, 0.4) is 0 Å². The number of thiazole rings is 1. The molecule has 0 radical (unpaired) electrons. The molecule has 0 saturated heterocycles. The normalized spacial score (nSPS) is 32.2. The van der Waals surface area contributed by atoms with Crippen molar-refractivity contribution < 1.29 is 24.5 Å². The minimum Gasteiger partial charge on any atom is -0.457 e. The van der Waals surface area contributed by atoms with E-state index in [0.717, 1.165) is 35.5 Å². The van der Waals surface area contributed by atoms with E-state index in [0.29, 0.717) is 6.42 Å². The van der Waals surface area contributed by atoms with Gasteiger partial charge in [0.05, 0.1) is 34.2 Å². The number of aliphatic hydroxyl groups is 2. The molecule has 7 heteroatoms. The summed E-state index contributed by atoms with van der Waals surface area (Å²) in [5.41, 5.74) is 1.67. The second-order valence-electron chi connectivity index (χ2n) is 10.9. The standard InChI is InChI=1S/C28H43NO5S/c1-16-10-9-11-17(2)24(30)19(4)25(31)28(7,8)26(32)20(5)27(33)34-23(13-12-16)18(3)14-22-15-35-21(6)29-22/h12,14-15,17,19-20,23-24,26,30,32H,9-11,13H2,1-8H3/t17-,19+,20?,23-,24-,26-/m0/s1. The van der Waals surface area contributed by atoms with Gasteiger partial charge in [-0.15, -0.1) is 11.3 Å². The van der Waals surface area contributed by atoms with Gasteiger partial charge < -0.3 is 14.9 Å². The summed E-state index contributed by atoms with van der Waals surface area (Å²) in [6, 6.07) is 0. The molecule has 6 nitrogen and oxygen atoms in total. The Hall–Kier alpha value is -1.83. The van der Waals surface area contributed by atoms with Crippen LogP contribution in [0, 0.1) is 30.1 Å². The van der Waals surface area contributed by atoms with E-state index in [9.17, 15) is 19.8 Å². The summed E-state index contributed by atoms with van der Waals surface area (Å²) in [7, 11) is 0. The van der Waals surface area contributed by atoms with Gasteiger partial charge in [-0.3, -0.25) is 9.59 Å². The number of aliphatic hydroxyl groups excluding tert-OH is 2. The molecular formula is C28H43NO5S. The van der Waals surface area contributed by atoms with Crippen LogP contribution in [-0.4, -0.2) is 45.3 Å². The van der Waals surface area contributed by atoms with Crippen molar-refractivity contribution in [3.05, 3.63) is 33.3 Å². The van der Waals surface area contributed by atoms with E-state index in [1.54, 1.807) is 39.0 Å². The topological polar surface area (TPSA) is 96.7 Å². The third kappa shape index (κ3) is 7.58. The van der Waals surface area contributed by atoms with Gasteiger partial charge in [-0.2, -0.15) is 0 Å². The number of esters is 1. The van der Waals surface area contributed by atoms with Crippen LogP contribution in [-0.2, 0) is 14.3 Å². The molecule has 1 aromatic rings. The zero-order chi connectivity index (χ0) is 26.5. The molecule has 0 amide bonds. The average molecular weight is 506 g/mol. The lowest BCUT2D eigenvalue weighted by molar-refractivity contribution is -0.161. The fraction of sp³-hybridized carbons (Fsp3) is 0.679. The first kappa shape index (κ1) is 29.4. The number of ketones is 1. The third-order valence-electron chi connectivity index (χ3n) is 7.42. The van der Waals surface area contributed by atoms with Crippen molar-refractivity contribution in [2.75, 3.05) is 0 Å². The van der Waals surface area contributed by atoms with Crippen molar-refractivity contribution in [1.82, 2.24) is 4.98 Å². The number of hydrogen-bond donors (Lipinski definition) is 2. The Morgan fingerprint density at radius 3 is 2.43 bits per heavy atom.